The Morgan fingerprint density at radius 3 is 2.07 bits per heavy atom. The maximum Gasteiger partial charge on any atom is 0.243 e. The quantitative estimate of drug-likeness (QED) is 0.0568. The summed E-state index contributed by atoms with van der Waals surface area (Å²) in [5, 5.41) is 9.18. The van der Waals surface area contributed by atoms with Crippen molar-refractivity contribution in [2.75, 3.05) is 6.54 Å². The average molecular weight is 620 g/mol. The number of nitrogens with two attached hydrogens (primary N) is 4. The summed E-state index contributed by atoms with van der Waals surface area (Å²) in [6.45, 7) is 2.25. The van der Waals surface area contributed by atoms with Crippen molar-refractivity contribution in [1.29, 1.82) is 0 Å². The van der Waals surface area contributed by atoms with Gasteiger partial charge in [-0.05, 0) is 36.5 Å². The lowest BCUT2D eigenvalue weighted by atomic mass is 10.0. The van der Waals surface area contributed by atoms with E-state index in [-0.39, 0.29) is 31.8 Å². The molecule has 4 atom stereocenters. The molecule has 45 heavy (non-hydrogen) atoms. The summed E-state index contributed by atoms with van der Waals surface area (Å²) < 4.78 is 0. The number of aliphatic imine (C=N–C) groups is 1. The number of para-hydroxylation sites is 1. The van der Waals surface area contributed by atoms with Crippen LogP contribution < -0.4 is 38.9 Å². The van der Waals surface area contributed by atoms with Gasteiger partial charge in [-0.15, -0.1) is 0 Å². The topological polar surface area (TPSA) is 237 Å². The number of primary amides is 1. The summed E-state index contributed by atoms with van der Waals surface area (Å²) in [5.74, 6) is -2.45. The lowest BCUT2D eigenvalue weighted by molar-refractivity contribution is -0.133. The summed E-state index contributed by atoms with van der Waals surface area (Å²) in [6, 6.07) is 12.9. The molecule has 0 aliphatic heterocycles. The van der Waals surface area contributed by atoms with E-state index in [9.17, 15) is 19.2 Å². The van der Waals surface area contributed by atoms with E-state index in [0.29, 0.717) is 12.8 Å². The largest absolute Gasteiger partial charge is 0.370 e. The van der Waals surface area contributed by atoms with Gasteiger partial charge in [0.1, 0.15) is 18.1 Å². The lowest BCUT2D eigenvalue weighted by Gasteiger charge is -2.25. The highest BCUT2D eigenvalue weighted by atomic mass is 16.2. The number of aromatic amines is 1. The first kappa shape index (κ1) is 34.6. The molecule has 13 nitrogen and oxygen atoms in total. The summed E-state index contributed by atoms with van der Waals surface area (Å²) in [6.07, 6.45) is 4.74. The summed E-state index contributed by atoms with van der Waals surface area (Å²) in [5.41, 5.74) is 24.9. The number of H-pyrrole nitrogens is 1. The Morgan fingerprint density at radius 1 is 0.778 bits per heavy atom. The first-order valence-electron chi connectivity index (χ1n) is 15.2. The average Bonchev–Trinajstić information content (AvgIpc) is 3.43. The molecule has 0 spiro atoms. The zero-order valence-electron chi connectivity index (χ0n) is 25.6. The predicted molar refractivity (Wildman–Crippen MR) is 175 cm³/mol. The van der Waals surface area contributed by atoms with Gasteiger partial charge in [0.15, 0.2) is 5.96 Å². The van der Waals surface area contributed by atoms with E-state index in [0.717, 1.165) is 34.9 Å². The second-order valence-corrected chi connectivity index (χ2v) is 11.0. The van der Waals surface area contributed by atoms with Gasteiger partial charge in [0.25, 0.3) is 0 Å². The Bertz CT molecular complexity index is 1450. The number of amides is 4. The van der Waals surface area contributed by atoms with Gasteiger partial charge >= 0.3 is 0 Å². The third-order valence-electron chi connectivity index (χ3n) is 7.46. The number of unbranched alkanes of at least 4 members (excludes halogenated alkanes) is 1. The molecule has 1 aromatic heterocycles. The minimum Gasteiger partial charge on any atom is -0.370 e. The van der Waals surface area contributed by atoms with E-state index in [1.807, 2.05) is 61.5 Å². The van der Waals surface area contributed by atoms with Gasteiger partial charge in [-0.1, -0.05) is 68.3 Å². The van der Waals surface area contributed by atoms with Crippen molar-refractivity contribution in [1.82, 2.24) is 20.9 Å². The molecule has 0 saturated carbocycles. The van der Waals surface area contributed by atoms with Crippen LogP contribution >= 0.6 is 0 Å². The molecule has 0 fully saturated rings. The maximum absolute atomic E-state index is 13.8. The highest BCUT2D eigenvalue weighted by molar-refractivity contribution is 5.95. The van der Waals surface area contributed by atoms with Gasteiger partial charge in [0.2, 0.25) is 23.6 Å². The van der Waals surface area contributed by atoms with E-state index in [2.05, 4.69) is 25.9 Å². The van der Waals surface area contributed by atoms with Crippen molar-refractivity contribution >= 4 is 40.5 Å². The SMILES string of the molecule is CCCC[C@H](N)C(=O)N[C@@H](Cc1ccccc1)C(=O)N[C@H](Cc1c[nH]c2ccccc12)C(=O)N[C@@H](CCCN=C(N)N)C(N)=O. The van der Waals surface area contributed by atoms with Crippen molar-refractivity contribution in [2.24, 2.45) is 27.9 Å². The molecule has 0 saturated heterocycles. The maximum atomic E-state index is 13.8. The third-order valence-corrected chi connectivity index (χ3v) is 7.46. The molecule has 0 aliphatic carbocycles. The summed E-state index contributed by atoms with van der Waals surface area (Å²) in [7, 11) is 0. The van der Waals surface area contributed by atoms with Crippen molar-refractivity contribution in [3.05, 3.63) is 71.9 Å². The number of hydrogen-bond acceptors (Lipinski definition) is 6. The second kappa shape index (κ2) is 17.4. The van der Waals surface area contributed by atoms with Crippen LogP contribution in [0.1, 0.15) is 50.2 Å². The molecule has 4 amide bonds. The van der Waals surface area contributed by atoms with Gasteiger partial charge in [0.05, 0.1) is 6.04 Å². The molecular formula is C32H45N9O4. The van der Waals surface area contributed by atoms with Crippen LogP contribution in [0.25, 0.3) is 10.9 Å². The number of benzene rings is 2. The van der Waals surface area contributed by atoms with Crippen LogP contribution in [0.5, 0.6) is 0 Å². The van der Waals surface area contributed by atoms with E-state index < -0.39 is 47.8 Å². The third kappa shape index (κ3) is 10.9. The predicted octanol–water partition coefficient (Wildman–Crippen LogP) is 0.464. The lowest BCUT2D eigenvalue weighted by Crippen LogP contribution is -2.58. The first-order valence-corrected chi connectivity index (χ1v) is 15.2. The highest BCUT2D eigenvalue weighted by Gasteiger charge is 2.30. The number of carbonyl (C=O) groups excluding carboxylic acids is 4. The molecule has 3 aromatic rings. The second-order valence-electron chi connectivity index (χ2n) is 11.0. The fraction of sp³-hybridized carbons (Fsp3) is 0.406. The fourth-order valence-electron chi connectivity index (χ4n) is 4.96. The monoisotopic (exact) mass is 619 g/mol. The van der Waals surface area contributed by atoms with Crippen molar-refractivity contribution in [2.45, 2.75) is 76.0 Å². The Kier molecular flexibility index (Phi) is 13.4. The molecule has 1 heterocycles. The summed E-state index contributed by atoms with van der Waals surface area (Å²) >= 11 is 0. The minimum atomic E-state index is -1.11. The van der Waals surface area contributed by atoms with Crippen LogP contribution in [0.3, 0.4) is 0 Å². The molecule has 13 heteroatoms. The fourth-order valence-corrected chi connectivity index (χ4v) is 4.96. The normalized spacial score (nSPS) is 13.6. The van der Waals surface area contributed by atoms with Crippen molar-refractivity contribution in [3.8, 4) is 0 Å². The minimum absolute atomic E-state index is 0.0837. The summed E-state index contributed by atoms with van der Waals surface area (Å²) in [4.78, 5) is 59.8. The molecule has 0 aliphatic rings. The Labute approximate surface area is 262 Å². The number of nitrogens with zero attached hydrogens (tertiary/aromatic N) is 1. The van der Waals surface area contributed by atoms with Crippen molar-refractivity contribution in [3.63, 3.8) is 0 Å². The number of carbonyl (C=O) groups is 4. The van der Waals surface area contributed by atoms with Gasteiger partial charge in [-0.2, -0.15) is 0 Å². The molecule has 0 unspecified atom stereocenters. The number of fused-ring (bicyclic) bond motifs is 1. The highest BCUT2D eigenvalue weighted by Crippen LogP contribution is 2.19. The van der Waals surface area contributed by atoms with Crippen LogP contribution in [0.15, 0.2) is 65.8 Å². The molecule has 0 radical (unpaired) electrons. The smallest absolute Gasteiger partial charge is 0.243 e. The van der Waals surface area contributed by atoms with E-state index in [1.54, 1.807) is 6.20 Å². The van der Waals surface area contributed by atoms with Gasteiger partial charge in [-0.3, -0.25) is 24.2 Å². The number of rotatable bonds is 18. The van der Waals surface area contributed by atoms with E-state index in [1.165, 1.54) is 0 Å². The van der Waals surface area contributed by atoms with Gasteiger partial charge in [-0.25, -0.2) is 0 Å². The molecule has 242 valence electrons. The van der Waals surface area contributed by atoms with Crippen molar-refractivity contribution < 1.29 is 19.2 Å². The number of nitrogens with one attached hydrogen (secondary N) is 4. The Morgan fingerprint density at radius 2 is 1.40 bits per heavy atom. The Hall–Kier alpha value is -4.91. The number of hydrogen-bond donors (Lipinski definition) is 8. The van der Waals surface area contributed by atoms with E-state index in [4.69, 9.17) is 22.9 Å². The molecule has 0 bridgehead atoms. The van der Waals surface area contributed by atoms with Gasteiger partial charge < -0.3 is 43.9 Å². The standard InChI is InChI=1S/C32H45N9O4/c1-2-3-13-23(33)29(43)40-26(17-20-10-5-4-6-11-20)30(44)41-27(18-21-19-38-24-14-8-7-12-22(21)24)31(45)39-25(28(34)42)15-9-16-37-32(35)36/h4-8,10-12,14,19,23,25-27,38H,2-3,9,13,15-18,33H2,1H3,(H2,34,42)(H,39,45)(H,40,43)(H,41,44)(H4,35,36,37)/t23-,25-,26-,27+/m0/s1. The molecular weight excluding hydrogens is 574 g/mol. The van der Waals surface area contributed by atoms with Gasteiger partial charge in [0, 0.05) is 36.5 Å². The van der Waals surface area contributed by atoms with Crippen LogP contribution in [-0.4, -0.2) is 65.3 Å². The number of aromatic nitrogens is 1. The van der Waals surface area contributed by atoms with Crippen LogP contribution in [0.2, 0.25) is 0 Å². The zero-order chi connectivity index (χ0) is 32.8. The molecule has 2 aromatic carbocycles. The first-order chi connectivity index (χ1) is 21.6. The zero-order valence-corrected chi connectivity index (χ0v) is 25.6. The van der Waals surface area contributed by atoms with Crippen LogP contribution in [0, 0.1) is 0 Å². The van der Waals surface area contributed by atoms with Crippen LogP contribution in [0.4, 0.5) is 0 Å². The van der Waals surface area contributed by atoms with Crippen LogP contribution in [-0.2, 0) is 32.0 Å². The molecule has 3 rings (SSSR count). The Balaban J connectivity index is 1.86. The van der Waals surface area contributed by atoms with E-state index >= 15 is 0 Å². The number of guanidine groups is 1. The molecule has 12 N–H and O–H groups in total.